The zero-order valence-electron chi connectivity index (χ0n) is 11.8. The Morgan fingerprint density at radius 3 is 2.25 bits per heavy atom. The second-order valence-corrected chi connectivity index (χ2v) is 8.18. The lowest BCUT2D eigenvalue weighted by Gasteiger charge is -2.19. The third kappa shape index (κ3) is 6.91. The molecule has 0 spiro atoms. The Kier molecular flexibility index (Phi) is 5.59. The monoisotopic (exact) mass is 318 g/mol. The first-order chi connectivity index (χ1) is 9.07. The molecule has 0 radical (unpaired) electrons. The van der Waals surface area contributed by atoms with E-state index in [9.17, 15) is 13.2 Å². The number of halogens is 1. The summed E-state index contributed by atoms with van der Waals surface area (Å²) < 4.78 is 28.9. The summed E-state index contributed by atoms with van der Waals surface area (Å²) in [5.74, 6) is -0.825. The van der Waals surface area contributed by atoms with Gasteiger partial charge in [-0.2, -0.15) is 0 Å². The van der Waals surface area contributed by atoms with E-state index in [4.69, 9.17) is 16.3 Å². The fraction of sp³-hybridized carbons (Fsp3) is 0.500. The van der Waals surface area contributed by atoms with Crippen LogP contribution < -0.4 is 0 Å². The minimum Gasteiger partial charge on any atom is -0.460 e. The first kappa shape index (κ1) is 17.0. The number of hydrogen-bond donors (Lipinski definition) is 0. The van der Waals surface area contributed by atoms with Crippen LogP contribution in [0.15, 0.2) is 24.3 Å². The standard InChI is InChI=1S/C14H19ClO4S/c1-14(2,3)19-13(16)8-9-20(17,18)10-11-4-6-12(15)7-5-11/h4-7H,8-10H2,1-3H3. The van der Waals surface area contributed by atoms with Gasteiger partial charge in [0.15, 0.2) is 9.84 Å². The number of carbonyl (C=O) groups excluding carboxylic acids is 1. The summed E-state index contributed by atoms with van der Waals surface area (Å²) in [6, 6.07) is 6.60. The van der Waals surface area contributed by atoms with Gasteiger partial charge in [0.05, 0.1) is 17.9 Å². The van der Waals surface area contributed by atoms with E-state index < -0.39 is 21.4 Å². The maximum absolute atomic E-state index is 11.9. The number of rotatable bonds is 5. The van der Waals surface area contributed by atoms with Crippen molar-refractivity contribution < 1.29 is 17.9 Å². The van der Waals surface area contributed by atoms with Crippen LogP contribution in [0.1, 0.15) is 32.8 Å². The highest BCUT2D eigenvalue weighted by Crippen LogP contribution is 2.14. The van der Waals surface area contributed by atoms with E-state index in [0.717, 1.165) is 0 Å². The largest absolute Gasteiger partial charge is 0.460 e. The molecular formula is C14H19ClO4S. The summed E-state index contributed by atoms with van der Waals surface area (Å²) in [5.41, 5.74) is 0.0513. The first-order valence-electron chi connectivity index (χ1n) is 6.24. The Bertz CT molecular complexity index is 556. The van der Waals surface area contributed by atoms with Gasteiger partial charge in [0.1, 0.15) is 5.60 Å². The van der Waals surface area contributed by atoms with E-state index in [1.807, 2.05) is 0 Å². The Labute approximate surface area is 125 Å². The Hall–Kier alpha value is -1.07. The lowest BCUT2D eigenvalue weighted by atomic mass is 10.2. The second kappa shape index (κ2) is 6.59. The summed E-state index contributed by atoms with van der Waals surface area (Å²) in [6.45, 7) is 5.23. The molecule has 1 rings (SSSR count). The molecule has 0 aliphatic heterocycles. The van der Waals surface area contributed by atoms with Crippen molar-refractivity contribution in [1.29, 1.82) is 0 Å². The van der Waals surface area contributed by atoms with Crippen molar-refractivity contribution in [1.82, 2.24) is 0 Å². The molecule has 20 heavy (non-hydrogen) atoms. The van der Waals surface area contributed by atoms with Crippen LogP contribution in [0, 0.1) is 0 Å². The Morgan fingerprint density at radius 1 is 1.20 bits per heavy atom. The predicted molar refractivity (Wildman–Crippen MR) is 79.4 cm³/mol. The van der Waals surface area contributed by atoms with Crippen molar-refractivity contribution in [3.63, 3.8) is 0 Å². The van der Waals surface area contributed by atoms with E-state index >= 15 is 0 Å². The van der Waals surface area contributed by atoms with Crippen LogP contribution in [0.4, 0.5) is 0 Å². The summed E-state index contributed by atoms with van der Waals surface area (Å²) in [4.78, 5) is 11.5. The summed E-state index contributed by atoms with van der Waals surface area (Å²) >= 11 is 5.74. The van der Waals surface area contributed by atoms with Crippen LogP contribution in [0.5, 0.6) is 0 Å². The molecule has 0 unspecified atom stereocenters. The van der Waals surface area contributed by atoms with E-state index in [-0.39, 0.29) is 17.9 Å². The van der Waals surface area contributed by atoms with Gasteiger partial charge in [-0.1, -0.05) is 23.7 Å². The summed E-state index contributed by atoms with van der Waals surface area (Å²) in [6.07, 6.45) is -0.132. The van der Waals surface area contributed by atoms with Crippen molar-refractivity contribution in [2.75, 3.05) is 5.75 Å². The molecule has 0 bridgehead atoms. The number of esters is 1. The van der Waals surface area contributed by atoms with E-state index in [1.54, 1.807) is 45.0 Å². The summed E-state index contributed by atoms with van der Waals surface area (Å²) in [5, 5.41) is 0.555. The molecule has 0 aromatic heterocycles. The van der Waals surface area contributed by atoms with Gasteiger partial charge in [-0.05, 0) is 38.5 Å². The van der Waals surface area contributed by atoms with Crippen LogP contribution in [0.25, 0.3) is 0 Å². The Balaban J connectivity index is 2.54. The van der Waals surface area contributed by atoms with Crippen molar-refractivity contribution in [2.45, 2.75) is 38.5 Å². The van der Waals surface area contributed by atoms with E-state index in [0.29, 0.717) is 10.6 Å². The van der Waals surface area contributed by atoms with Gasteiger partial charge >= 0.3 is 5.97 Å². The molecule has 0 saturated heterocycles. The van der Waals surface area contributed by atoms with Gasteiger partial charge in [0.25, 0.3) is 0 Å². The molecule has 0 heterocycles. The van der Waals surface area contributed by atoms with Crippen molar-refractivity contribution in [3.05, 3.63) is 34.9 Å². The number of sulfone groups is 1. The van der Waals surface area contributed by atoms with Crippen LogP contribution in [-0.2, 0) is 25.1 Å². The molecule has 6 heteroatoms. The third-order valence-corrected chi connectivity index (χ3v) is 4.19. The van der Waals surface area contributed by atoms with Crippen LogP contribution >= 0.6 is 11.6 Å². The van der Waals surface area contributed by atoms with Crippen LogP contribution in [0.2, 0.25) is 5.02 Å². The highest BCUT2D eigenvalue weighted by molar-refractivity contribution is 7.90. The molecule has 0 fully saturated rings. The molecule has 0 saturated carbocycles. The molecule has 0 atom stereocenters. The molecular weight excluding hydrogens is 300 g/mol. The molecule has 1 aromatic carbocycles. The van der Waals surface area contributed by atoms with Gasteiger partial charge in [-0.15, -0.1) is 0 Å². The first-order valence-corrected chi connectivity index (χ1v) is 8.44. The van der Waals surface area contributed by atoms with E-state index in [2.05, 4.69) is 0 Å². The Morgan fingerprint density at radius 2 is 1.75 bits per heavy atom. The fourth-order valence-electron chi connectivity index (χ4n) is 1.54. The fourth-order valence-corrected chi connectivity index (χ4v) is 2.99. The second-order valence-electron chi connectivity index (χ2n) is 5.55. The minimum atomic E-state index is -3.34. The van der Waals surface area contributed by atoms with E-state index in [1.165, 1.54) is 0 Å². The van der Waals surface area contributed by atoms with Crippen molar-refractivity contribution in [2.24, 2.45) is 0 Å². The highest BCUT2D eigenvalue weighted by atomic mass is 35.5. The maximum atomic E-state index is 11.9. The SMILES string of the molecule is CC(C)(C)OC(=O)CCS(=O)(=O)Cc1ccc(Cl)cc1. The van der Waals surface area contributed by atoms with Gasteiger partial charge in [0, 0.05) is 5.02 Å². The molecule has 0 aliphatic carbocycles. The topological polar surface area (TPSA) is 60.4 Å². The van der Waals surface area contributed by atoms with Gasteiger partial charge in [-0.3, -0.25) is 4.79 Å². The molecule has 4 nitrogen and oxygen atoms in total. The summed E-state index contributed by atoms with van der Waals surface area (Å²) in [7, 11) is -3.34. The minimum absolute atomic E-state index is 0.104. The number of carbonyl (C=O) groups is 1. The van der Waals surface area contributed by atoms with Gasteiger partial charge in [0.2, 0.25) is 0 Å². The smallest absolute Gasteiger partial charge is 0.307 e. The zero-order valence-corrected chi connectivity index (χ0v) is 13.4. The molecule has 0 amide bonds. The quantitative estimate of drug-likeness (QED) is 0.783. The predicted octanol–water partition coefficient (Wildman–Crippen LogP) is 2.99. The molecule has 0 aliphatic rings. The van der Waals surface area contributed by atoms with Gasteiger partial charge < -0.3 is 4.74 Å². The highest BCUT2D eigenvalue weighted by Gasteiger charge is 2.19. The zero-order chi connectivity index (χ0) is 15.4. The van der Waals surface area contributed by atoms with Crippen LogP contribution in [0.3, 0.4) is 0 Å². The maximum Gasteiger partial charge on any atom is 0.307 e. The number of ether oxygens (including phenoxy) is 1. The molecule has 1 aromatic rings. The number of benzene rings is 1. The molecule has 112 valence electrons. The molecule has 0 N–H and O–H groups in total. The lowest BCUT2D eigenvalue weighted by molar-refractivity contribution is -0.154. The van der Waals surface area contributed by atoms with Crippen molar-refractivity contribution >= 4 is 27.4 Å². The van der Waals surface area contributed by atoms with Gasteiger partial charge in [-0.25, -0.2) is 8.42 Å². The number of hydrogen-bond acceptors (Lipinski definition) is 4. The van der Waals surface area contributed by atoms with Crippen molar-refractivity contribution in [3.8, 4) is 0 Å². The normalized spacial score (nSPS) is 12.2. The lowest BCUT2D eigenvalue weighted by Crippen LogP contribution is -2.25. The third-order valence-electron chi connectivity index (χ3n) is 2.34. The average Bonchev–Trinajstić information content (AvgIpc) is 2.27. The average molecular weight is 319 g/mol. The van der Waals surface area contributed by atoms with Crippen LogP contribution in [-0.4, -0.2) is 25.7 Å².